The molecule has 19 heavy (non-hydrogen) atoms. The Morgan fingerprint density at radius 2 is 2.26 bits per heavy atom. The monoisotopic (exact) mass is 303 g/mol. The van der Waals surface area contributed by atoms with E-state index in [1.165, 1.54) is 4.90 Å². The summed E-state index contributed by atoms with van der Waals surface area (Å²) >= 11 is 5.97. The predicted octanol–water partition coefficient (Wildman–Crippen LogP) is 0.685. The molecule has 2 rings (SSSR count). The van der Waals surface area contributed by atoms with Crippen LogP contribution in [-0.4, -0.2) is 31.6 Å². The summed E-state index contributed by atoms with van der Waals surface area (Å²) in [5.74, 6) is -0.673. The van der Waals surface area contributed by atoms with Gasteiger partial charge in [0.05, 0.1) is 11.4 Å². The van der Waals surface area contributed by atoms with Gasteiger partial charge in [-0.1, -0.05) is 11.6 Å². The Balaban J connectivity index is 2.23. The van der Waals surface area contributed by atoms with Crippen molar-refractivity contribution >= 4 is 33.2 Å². The quantitative estimate of drug-likeness (QED) is 0.831. The number of aryl methyl sites for hydroxylation is 1. The zero-order valence-electron chi connectivity index (χ0n) is 10.3. The van der Waals surface area contributed by atoms with E-state index in [9.17, 15) is 13.2 Å². The Morgan fingerprint density at radius 3 is 2.89 bits per heavy atom. The summed E-state index contributed by atoms with van der Waals surface area (Å²) in [4.78, 5) is 17.4. The molecule has 0 bridgehead atoms. The molecule has 1 aliphatic rings. The summed E-state index contributed by atoms with van der Waals surface area (Å²) in [5.41, 5.74) is 1.39. The molecule has 1 aromatic rings. The van der Waals surface area contributed by atoms with Crippen LogP contribution in [-0.2, 0) is 14.8 Å². The molecule has 1 saturated heterocycles. The highest BCUT2D eigenvalue weighted by molar-refractivity contribution is 7.89. The smallest absolute Gasteiger partial charge is 0.227 e. The Bertz CT molecular complexity index is 618. The summed E-state index contributed by atoms with van der Waals surface area (Å²) in [6.07, 6.45) is 1.76. The minimum Gasteiger partial charge on any atom is -0.309 e. The minimum absolute atomic E-state index is 0.153. The molecule has 0 aliphatic carbocycles. The van der Waals surface area contributed by atoms with Gasteiger partial charge in [-0.2, -0.15) is 0 Å². The van der Waals surface area contributed by atoms with Crippen LogP contribution < -0.4 is 10.0 Å². The molecule has 0 aromatic carbocycles. The first-order valence-corrected chi connectivity index (χ1v) is 7.78. The number of amides is 1. The first kappa shape index (κ1) is 14.2. The maximum Gasteiger partial charge on any atom is 0.227 e. The fourth-order valence-corrected chi connectivity index (χ4v) is 3.27. The second-order valence-electron chi connectivity index (χ2n) is 4.73. The van der Waals surface area contributed by atoms with Crippen molar-refractivity contribution in [2.45, 2.75) is 13.3 Å². The Labute approximate surface area is 116 Å². The number of primary sulfonamides is 1. The number of hydrogen-bond donors (Lipinski definition) is 1. The van der Waals surface area contributed by atoms with Gasteiger partial charge in [-0.15, -0.1) is 0 Å². The van der Waals surface area contributed by atoms with E-state index in [0.29, 0.717) is 12.2 Å². The summed E-state index contributed by atoms with van der Waals surface area (Å²) in [6, 6.07) is 1.76. The van der Waals surface area contributed by atoms with Crippen LogP contribution >= 0.6 is 11.6 Å². The maximum atomic E-state index is 11.9. The van der Waals surface area contributed by atoms with Gasteiger partial charge in [0, 0.05) is 25.1 Å². The van der Waals surface area contributed by atoms with Crippen LogP contribution in [0.2, 0.25) is 5.15 Å². The third-order valence-corrected chi connectivity index (χ3v) is 4.15. The number of carbonyl (C=O) groups excluding carboxylic acids is 1. The van der Waals surface area contributed by atoms with Crippen molar-refractivity contribution in [1.29, 1.82) is 0 Å². The highest BCUT2D eigenvalue weighted by Crippen LogP contribution is 2.30. The molecular formula is C11H14ClN3O3S. The van der Waals surface area contributed by atoms with Crippen LogP contribution in [0.1, 0.15) is 12.0 Å². The molecule has 1 amide bonds. The van der Waals surface area contributed by atoms with Gasteiger partial charge in [-0.05, 0) is 18.6 Å². The van der Waals surface area contributed by atoms with E-state index < -0.39 is 10.0 Å². The Morgan fingerprint density at radius 1 is 1.58 bits per heavy atom. The van der Waals surface area contributed by atoms with Gasteiger partial charge in [0.15, 0.2) is 5.15 Å². The zero-order valence-corrected chi connectivity index (χ0v) is 11.9. The van der Waals surface area contributed by atoms with Crippen molar-refractivity contribution in [3.63, 3.8) is 0 Å². The Hall–Kier alpha value is -1.18. The van der Waals surface area contributed by atoms with Crippen molar-refractivity contribution in [3.05, 3.63) is 23.0 Å². The highest BCUT2D eigenvalue weighted by atomic mass is 35.5. The van der Waals surface area contributed by atoms with Crippen molar-refractivity contribution in [3.8, 4) is 0 Å². The lowest BCUT2D eigenvalue weighted by Crippen LogP contribution is -2.27. The van der Waals surface area contributed by atoms with Crippen LogP contribution in [0.4, 0.5) is 5.69 Å². The lowest BCUT2D eigenvalue weighted by molar-refractivity contribution is -0.117. The van der Waals surface area contributed by atoms with E-state index in [1.54, 1.807) is 12.3 Å². The normalized spacial score (nSPS) is 20.1. The third kappa shape index (κ3) is 3.43. The van der Waals surface area contributed by atoms with Gasteiger partial charge in [-0.25, -0.2) is 18.5 Å². The molecule has 0 saturated carbocycles. The van der Waals surface area contributed by atoms with E-state index in [2.05, 4.69) is 4.98 Å². The van der Waals surface area contributed by atoms with Crippen LogP contribution in [0.25, 0.3) is 0 Å². The van der Waals surface area contributed by atoms with Crippen molar-refractivity contribution in [2.75, 3.05) is 17.2 Å². The fourth-order valence-electron chi connectivity index (χ4n) is 2.18. The fraction of sp³-hybridized carbons (Fsp3) is 0.455. The summed E-state index contributed by atoms with van der Waals surface area (Å²) in [5, 5.41) is 5.23. The number of nitrogens with two attached hydrogens (primary N) is 1. The lowest BCUT2D eigenvalue weighted by Gasteiger charge is -2.18. The average molecular weight is 304 g/mol. The van der Waals surface area contributed by atoms with Gasteiger partial charge in [0.25, 0.3) is 0 Å². The van der Waals surface area contributed by atoms with Gasteiger partial charge in [0.1, 0.15) is 0 Å². The van der Waals surface area contributed by atoms with Crippen LogP contribution in [0.15, 0.2) is 12.3 Å². The van der Waals surface area contributed by atoms with Gasteiger partial charge < -0.3 is 4.90 Å². The number of pyridine rings is 1. The maximum absolute atomic E-state index is 11.9. The van der Waals surface area contributed by atoms with Crippen molar-refractivity contribution in [1.82, 2.24) is 4.98 Å². The largest absolute Gasteiger partial charge is 0.309 e. The van der Waals surface area contributed by atoms with E-state index in [0.717, 1.165) is 5.56 Å². The molecule has 0 spiro atoms. The standard InChI is InChI=1S/C11H14ClN3O3S/c1-7-2-9(11(12)14-4-7)15-5-8(3-10(15)16)6-19(13,17)18/h2,4,8H,3,5-6H2,1H3,(H2,13,17,18). The number of nitrogens with zero attached hydrogens (tertiary/aromatic N) is 2. The molecule has 8 heteroatoms. The van der Waals surface area contributed by atoms with Crippen molar-refractivity contribution in [2.24, 2.45) is 11.1 Å². The molecule has 6 nitrogen and oxygen atoms in total. The molecule has 1 unspecified atom stereocenters. The predicted molar refractivity (Wildman–Crippen MR) is 72.4 cm³/mol. The number of aromatic nitrogens is 1. The summed E-state index contributed by atoms with van der Waals surface area (Å²) < 4.78 is 22.1. The SMILES string of the molecule is Cc1cnc(Cl)c(N2CC(CS(N)(=O)=O)CC2=O)c1. The first-order valence-electron chi connectivity index (χ1n) is 5.69. The third-order valence-electron chi connectivity index (χ3n) is 2.92. The van der Waals surface area contributed by atoms with E-state index in [1.807, 2.05) is 6.92 Å². The number of sulfonamides is 1. The van der Waals surface area contributed by atoms with Crippen LogP contribution in [0.3, 0.4) is 0 Å². The first-order chi connectivity index (χ1) is 8.76. The lowest BCUT2D eigenvalue weighted by atomic mass is 10.1. The second-order valence-corrected chi connectivity index (χ2v) is 6.74. The second kappa shape index (κ2) is 5.07. The molecule has 104 valence electrons. The van der Waals surface area contributed by atoms with E-state index >= 15 is 0 Å². The van der Waals surface area contributed by atoms with Crippen LogP contribution in [0, 0.1) is 12.8 Å². The number of rotatable bonds is 3. The number of halogens is 1. The molecule has 1 aromatic heterocycles. The molecule has 0 radical (unpaired) electrons. The molecule has 2 N–H and O–H groups in total. The molecule has 1 aliphatic heterocycles. The van der Waals surface area contributed by atoms with Gasteiger partial charge >= 0.3 is 0 Å². The van der Waals surface area contributed by atoms with Gasteiger partial charge in [0.2, 0.25) is 15.9 Å². The number of carbonyl (C=O) groups is 1. The van der Waals surface area contributed by atoms with Crippen LogP contribution in [0.5, 0.6) is 0 Å². The van der Waals surface area contributed by atoms with Crippen molar-refractivity contribution < 1.29 is 13.2 Å². The van der Waals surface area contributed by atoms with E-state index in [-0.39, 0.29) is 29.2 Å². The average Bonchev–Trinajstić information content (AvgIpc) is 2.60. The summed E-state index contributed by atoms with van der Waals surface area (Å²) in [7, 11) is -3.58. The Kier molecular flexibility index (Phi) is 3.80. The zero-order chi connectivity index (χ0) is 14.2. The molecule has 1 atom stereocenters. The molecular weight excluding hydrogens is 290 g/mol. The van der Waals surface area contributed by atoms with E-state index in [4.69, 9.17) is 16.7 Å². The summed E-state index contributed by atoms with van der Waals surface area (Å²) in [6.45, 7) is 2.13. The molecule has 2 heterocycles. The highest BCUT2D eigenvalue weighted by Gasteiger charge is 2.33. The van der Waals surface area contributed by atoms with Gasteiger partial charge in [-0.3, -0.25) is 4.79 Å². The minimum atomic E-state index is -3.58. The molecule has 1 fully saturated rings. The number of anilines is 1. The number of hydrogen-bond acceptors (Lipinski definition) is 4. The topological polar surface area (TPSA) is 93.4 Å².